The summed E-state index contributed by atoms with van der Waals surface area (Å²) in [7, 11) is -3.39. The number of fused-ring (bicyclic) bond motifs is 1. The van der Waals surface area contributed by atoms with Crippen LogP contribution in [0.2, 0.25) is 0 Å². The van der Waals surface area contributed by atoms with E-state index in [1.165, 1.54) is 12.4 Å². The quantitative estimate of drug-likeness (QED) is 0.742. The zero-order valence-electron chi connectivity index (χ0n) is 12.8. The molecule has 8 heteroatoms. The van der Waals surface area contributed by atoms with Crippen molar-refractivity contribution in [3.8, 4) is 0 Å². The Morgan fingerprint density at radius 2 is 1.88 bits per heavy atom. The highest BCUT2D eigenvalue weighted by Gasteiger charge is 2.10. The van der Waals surface area contributed by atoms with Crippen LogP contribution in [0.15, 0.2) is 48.8 Å². The Bertz CT molecular complexity index is 987. The average molecular weight is 346 g/mol. The summed E-state index contributed by atoms with van der Waals surface area (Å²) in [4.78, 5) is 8.13. The molecule has 124 valence electrons. The summed E-state index contributed by atoms with van der Waals surface area (Å²) in [5.41, 5.74) is 1.67. The molecule has 0 saturated carbocycles. The summed E-state index contributed by atoms with van der Waals surface area (Å²) in [6, 6.07) is 11.6. The molecule has 0 spiro atoms. The maximum absolute atomic E-state index is 14.1. The highest BCUT2D eigenvalue weighted by Crippen LogP contribution is 2.24. The van der Waals surface area contributed by atoms with Gasteiger partial charge in [-0.3, -0.25) is 4.72 Å². The molecule has 3 aromatic rings. The molecule has 0 atom stereocenters. The normalized spacial score (nSPS) is 11.4. The number of nitrogens with one attached hydrogen (secondary N) is 2. The Labute approximate surface area is 138 Å². The van der Waals surface area contributed by atoms with E-state index in [1.807, 2.05) is 0 Å². The molecule has 2 N–H and O–H groups in total. The Morgan fingerprint density at radius 1 is 1.08 bits per heavy atom. The first-order chi connectivity index (χ1) is 11.4. The fourth-order valence-corrected chi connectivity index (χ4v) is 2.95. The molecule has 2 aromatic carbocycles. The van der Waals surface area contributed by atoms with Crippen LogP contribution in [-0.2, 0) is 16.6 Å². The van der Waals surface area contributed by atoms with Crippen LogP contribution in [0.25, 0.3) is 10.9 Å². The summed E-state index contributed by atoms with van der Waals surface area (Å²) in [6.45, 7) is 0.277. The van der Waals surface area contributed by atoms with Crippen LogP contribution >= 0.6 is 0 Å². The fourth-order valence-electron chi connectivity index (χ4n) is 2.35. The average Bonchev–Trinajstić information content (AvgIpc) is 2.53. The first-order valence-electron chi connectivity index (χ1n) is 7.13. The van der Waals surface area contributed by atoms with Crippen molar-refractivity contribution in [3.05, 3.63) is 60.2 Å². The van der Waals surface area contributed by atoms with Crippen LogP contribution in [0.4, 0.5) is 15.9 Å². The van der Waals surface area contributed by atoms with Crippen LogP contribution in [0.1, 0.15) is 5.56 Å². The van der Waals surface area contributed by atoms with E-state index >= 15 is 0 Å². The number of para-hydroxylation sites is 1. The smallest absolute Gasteiger partial charge is 0.229 e. The number of anilines is 2. The number of halogens is 1. The molecule has 0 amide bonds. The van der Waals surface area contributed by atoms with Gasteiger partial charge in [0.05, 0.1) is 22.8 Å². The zero-order chi connectivity index (χ0) is 17.2. The number of nitrogens with zero attached hydrogens (tertiary/aromatic N) is 2. The van der Waals surface area contributed by atoms with Crippen molar-refractivity contribution >= 4 is 32.4 Å². The van der Waals surface area contributed by atoms with Crippen molar-refractivity contribution in [2.24, 2.45) is 0 Å². The fraction of sp³-hybridized carbons (Fsp3) is 0.125. The van der Waals surface area contributed by atoms with Crippen molar-refractivity contribution in [2.75, 3.05) is 16.3 Å². The molecule has 0 bridgehead atoms. The van der Waals surface area contributed by atoms with Gasteiger partial charge in [0.25, 0.3) is 0 Å². The third-order valence-corrected chi connectivity index (χ3v) is 3.96. The summed E-state index contributed by atoms with van der Waals surface area (Å²) < 4.78 is 39.4. The Kier molecular flexibility index (Phi) is 4.30. The second-order valence-corrected chi connectivity index (χ2v) is 6.99. The predicted octanol–water partition coefficient (Wildman–Crippen LogP) is 2.75. The van der Waals surface area contributed by atoms with Crippen molar-refractivity contribution in [3.63, 3.8) is 0 Å². The lowest BCUT2D eigenvalue weighted by atomic mass is 10.1. The van der Waals surface area contributed by atoms with Crippen LogP contribution in [-0.4, -0.2) is 24.6 Å². The molecule has 0 saturated heterocycles. The van der Waals surface area contributed by atoms with Gasteiger partial charge < -0.3 is 5.32 Å². The largest absolute Gasteiger partial charge is 0.365 e. The number of aromatic nitrogens is 2. The first-order valence-corrected chi connectivity index (χ1v) is 9.02. The Balaban J connectivity index is 1.90. The van der Waals surface area contributed by atoms with Crippen molar-refractivity contribution < 1.29 is 12.8 Å². The van der Waals surface area contributed by atoms with E-state index in [4.69, 9.17) is 0 Å². The first kappa shape index (κ1) is 16.1. The van der Waals surface area contributed by atoms with Crippen molar-refractivity contribution in [1.82, 2.24) is 9.97 Å². The number of hydrogen-bond donors (Lipinski definition) is 2. The van der Waals surface area contributed by atoms with Crippen LogP contribution < -0.4 is 10.0 Å². The molecule has 6 nitrogen and oxygen atoms in total. The highest BCUT2D eigenvalue weighted by atomic mass is 32.2. The molecule has 1 heterocycles. The maximum Gasteiger partial charge on any atom is 0.229 e. The van der Waals surface area contributed by atoms with Gasteiger partial charge in [-0.15, -0.1) is 0 Å². The molecule has 3 rings (SSSR count). The van der Waals surface area contributed by atoms with E-state index in [1.54, 1.807) is 36.4 Å². The highest BCUT2D eigenvalue weighted by molar-refractivity contribution is 7.92. The van der Waals surface area contributed by atoms with Gasteiger partial charge in [-0.25, -0.2) is 22.8 Å². The topological polar surface area (TPSA) is 84.0 Å². The molecule has 1 aromatic heterocycles. The minimum Gasteiger partial charge on any atom is -0.365 e. The van der Waals surface area contributed by atoms with E-state index in [0.717, 1.165) is 6.26 Å². The molecule has 0 radical (unpaired) electrons. The number of benzene rings is 2. The molecular weight excluding hydrogens is 331 g/mol. The van der Waals surface area contributed by atoms with E-state index in [0.29, 0.717) is 28.0 Å². The Morgan fingerprint density at radius 3 is 2.67 bits per heavy atom. The minimum absolute atomic E-state index is 0.277. The van der Waals surface area contributed by atoms with Gasteiger partial charge in [-0.1, -0.05) is 24.3 Å². The molecule has 24 heavy (non-hydrogen) atoms. The molecule has 0 aliphatic carbocycles. The van der Waals surface area contributed by atoms with E-state index in [9.17, 15) is 12.8 Å². The second kappa shape index (κ2) is 6.40. The third-order valence-electron chi connectivity index (χ3n) is 3.37. The lowest BCUT2D eigenvalue weighted by Gasteiger charge is -2.13. The lowest BCUT2D eigenvalue weighted by molar-refractivity contribution is 0.606. The number of sulfonamides is 1. The van der Waals surface area contributed by atoms with Crippen molar-refractivity contribution in [1.29, 1.82) is 0 Å². The predicted molar refractivity (Wildman–Crippen MR) is 91.7 cm³/mol. The number of hydrogen-bond acceptors (Lipinski definition) is 5. The van der Waals surface area contributed by atoms with Crippen LogP contribution in [0.5, 0.6) is 0 Å². The van der Waals surface area contributed by atoms with Gasteiger partial charge in [0.2, 0.25) is 10.0 Å². The van der Waals surface area contributed by atoms with Gasteiger partial charge >= 0.3 is 0 Å². The van der Waals surface area contributed by atoms with E-state index in [-0.39, 0.29) is 6.54 Å². The summed E-state index contributed by atoms with van der Waals surface area (Å²) in [6.07, 6.45) is 2.44. The van der Waals surface area contributed by atoms with E-state index in [2.05, 4.69) is 20.0 Å². The molecule has 0 fully saturated rings. The minimum atomic E-state index is -3.39. The molecule has 0 aliphatic heterocycles. The summed E-state index contributed by atoms with van der Waals surface area (Å²) in [5, 5.41) is 3.34. The monoisotopic (exact) mass is 346 g/mol. The zero-order valence-corrected chi connectivity index (χ0v) is 13.6. The maximum atomic E-state index is 14.1. The van der Waals surface area contributed by atoms with Gasteiger partial charge in [0, 0.05) is 6.54 Å². The standard InChI is InChI=1S/C16H15FN4O2S/c1-24(22,23)21-13-7-3-2-5-11(13)9-18-16-15-12(17)6-4-8-14(15)19-10-20-16/h2-8,10,21H,9H2,1H3,(H,18,19,20). The van der Waals surface area contributed by atoms with E-state index < -0.39 is 15.8 Å². The lowest BCUT2D eigenvalue weighted by Crippen LogP contribution is -2.13. The summed E-state index contributed by atoms with van der Waals surface area (Å²) in [5.74, 6) is -0.0644. The van der Waals surface area contributed by atoms with Gasteiger partial charge in [0.15, 0.2) is 0 Å². The molecule has 0 aliphatic rings. The molecule has 0 unspecified atom stereocenters. The summed E-state index contributed by atoms with van der Waals surface area (Å²) >= 11 is 0. The van der Waals surface area contributed by atoms with Crippen LogP contribution in [0.3, 0.4) is 0 Å². The van der Waals surface area contributed by atoms with Gasteiger partial charge in [-0.05, 0) is 23.8 Å². The SMILES string of the molecule is CS(=O)(=O)Nc1ccccc1CNc1ncnc2cccc(F)c12. The van der Waals surface area contributed by atoms with Crippen molar-refractivity contribution in [2.45, 2.75) is 6.54 Å². The second-order valence-electron chi connectivity index (χ2n) is 5.24. The van der Waals surface area contributed by atoms with Gasteiger partial charge in [-0.2, -0.15) is 0 Å². The molecular formula is C16H15FN4O2S. The third kappa shape index (κ3) is 3.60. The number of rotatable bonds is 5. The Hall–Kier alpha value is -2.74. The van der Waals surface area contributed by atoms with Crippen LogP contribution in [0, 0.1) is 5.82 Å². The van der Waals surface area contributed by atoms with Gasteiger partial charge in [0.1, 0.15) is 18.0 Å².